The molecule has 4 nitrogen and oxygen atoms in total. The van der Waals surface area contributed by atoms with Gasteiger partial charge in [0.05, 0.1) is 0 Å². The van der Waals surface area contributed by atoms with E-state index in [4.69, 9.17) is 11.6 Å². The Morgan fingerprint density at radius 1 is 1.59 bits per heavy atom. The molecule has 0 aliphatic heterocycles. The van der Waals surface area contributed by atoms with E-state index in [-0.39, 0.29) is 23.2 Å². The summed E-state index contributed by atoms with van der Waals surface area (Å²) in [6.07, 6.45) is 4.65. The van der Waals surface area contributed by atoms with E-state index in [1.54, 1.807) is 6.07 Å². The lowest BCUT2D eigenvalue weighted by Gasteiger charge is -2.25. The second kappa shape index (κ2) is 4.61. The molecule has 1 saturated carbocycles. The van der Waals surface area contributed by atoms with Gasteiger partial charge in [-0.25, -0.2) is 9.97 Å². The van der Waals surface area contributed by atoms with Crippen molar-refractivity contribution in [2.24, 2.45) is 11.3 Å². The van der Waals surface area contributed by atoms with E-state index in [1.807, 2.05) is 0 Å². The van der Waals surface area contributed by atoms with E-state index in [2.05, 4.69) is 29.1 Å². The lowest BCUT2D eigenvalue weighted by molar-refractivity contribution is -0.122. The standard InChI is InChI=1S/C12H16ClN3O/c1-12(2)6-3-4-8(12)10(17)16-11-14-7-5-9(13)15-11/h5,7-8H,3-4,6H2,1-2H3,(H,14,15,16,17). The van der Waals surface area contributed by atoms with Crippen molar-refractivity contribution in [3.8, 4) is 0 Å². The van der Waals surface area contributed by atoms with E-state index < -0.39 is 0 Å². The Morgan fingerprint density at radius 2 is 2.35 bits per heavy atom. The Labute approximate surface area is 106 Å². The number of rotatable bonds is 2. The summed E-state index contributed by atoms with van der Waals surface area (Å²) in [5.41, 5.74) is 0.0582. The third-order valence-corrected chi connectivity index (χ3v) is 3.64. The predicted molar refractivity (Wildman–Crippen MR) is 66.8 cm³/mol. The number of hydrogen-bond donors (Lipinski definition) is 1. The first-order valence-electron chi connectivity index (χ1n) is 5.78. The molecule has 1 heterocycles. The molecular formula is C12H16ClN3O. The SMILES string of the molecule is CC1(C)CCCC1C(=O)Nc1nccc(Cl)n1. The monoisotopic (exact) mass is 253 g/mol. The van der Waals surface area contributed by atoms with Crippen LogP contribution in [-0.2, 0) is 4.79 Å². The molecule has 92 valence electrons. The van der Waals surface area contributed by atoms with E-state index in [1.165, 1.54) is 6.20 Å². The summed E-state index contributed by atoms with van der Waals surface area (Å²) in [5.74, 6) is 0.310. The topological polar surface area (TPSA) is 54.9 Å². The van der Waals surface area contributed by atoms with Crippen LogP contribution in [-0.4, -0.2) is 15.9 Å². The molecule has 1 unspecified atom stereocenters. The zero-order chi connectivity index (χ0) is 12.5. The number of carbonyl (C=O) groups is 1. The summed E-state index contributed by atoms with van der Waals surface area (Å²) in [6.45, 7) is 4.26. The van der Waals surface area contributed by atoms with Gasteiger partial charge in [-0.3, -0.25) is 10.1 Å². The highest BCUT2D eigenvalue weighted by Crippen LogP contribution is 2.42. The molecule has 0 aromatic carbocycles. The highest BCUT2D eigenvalue weighted by atomic mass is 35.5. The fourth-order valence-electron chi connectivity index (χ4n) is 2.41. The lowest BCUT2D eigenvalue weighted by Crippen LogP contribution is -2.31. The molecule has 0 saturated heterocycles. The van der Waals surface area contributed by atoms with E-state index in [9.17, 15) is 4.79 Å². The van der Waals surface area contributed by atoms with Gasteiger partial charge in [0.2, 0.25) is 11.9 Å². The Morgan fingerprint density at radius 3 is 2.94 bits per heavy atom. The van der Waals surface area contributed by atoms with Crippen LogP contribution in [0.25, 0.3) is 0 Å². The highest BCUT2D eigenvalue weighted by molar-refractivity contribution is 6.29. The molecular weight excluding hydrogens is 238 g/mol. The molecule has 5 heteroatoms. The molecule has 1 fully saturated rings. The number of carbonyl (C=O) groups excluding carboxylic acids is 1. The van der Waals surface area contributed by atoms with Gasteiger partial charge in [-0.15, -0.1) is 0 Å². The first-order chi connectivity index (χ1) is 7.99. The number of anilines is 1. The summed E-state index contributed by atoms with van der Waals surface area (Å²) >= 11 is 5.74. The third-order valence-electron chi connectivity index (χ3n) is 3.43. The molecule has 0 bridgehead atoms. The average Bonchev–Trinajstić information content (AvgIpc) is 2.58. The van der Waals surface area contributed by atoms with Crippen molar-refractivity contribution in [1.82, 2.24) is 9.97 Å². The summed E-state index contributed by atoms with van der Waals surface area (Å²) < 4.78 is 0. The largest absolute Gasteiger partial charge is 0.294 e. The number of nitrogens with one attached hydrogen (secondary N) is 1. The fourth-order valence-corrected chi connectivity index (χ4v) is 2.54. The second-order valence-electron chi connectivity index (χ2n) is 5.13. The van der Waals surface area contributed by atoms with Crippen LogP contribution in [0.5, 0.6) is 0 Å². The third kappa shape index (κ3) is 2.75. The van der Waals surface area contributed by atoms with E-state index in [0.717, 1.165) is 19.3 Å². The molecule has 1 aromatic heterocycles. The number of amides is 1. The molecule has 1 aromatic rings. The fraction of sp³-hybridized carbons (Fsp3) is 0.583. The summed E-state index contributed by atoms with van der Waals surface area (Å²) in [5, 5.41) is 3.07. The Kier molecular flexibility index (Phi) is 3.33. The molecule has 1 aliphatic carbocycles. The van der Waals surface area contributed by atoms with Crippen LogP contribution in [0, 0.1) is 11.3 Å². The minimum atomic E-state index is -0.00485. The van der Waals surface area contributed by atoms with Gasteiger partial charge in [0.15, 0.2) is 0 Å². The van der Waals surface area contributed by atoms with Crippen LogP contribution in [0.1, 0.15) is 33.1 Å². The van der Waals surface area contributed by atoms with Crippen LogP contribution in [0.3, 0.4) is 0 Å². The van der Waals surface area contributed by atoms with Gasteiger partial charge in [-0.2, -0.15) is 0 Å². The Bertz CT molecular complexity index is 434. The first-order valence-corrected chi connectivity index (χ1v) is 6.16. The van der Waals surface area contributed by atoms with Gasteiger partial charge < -0.3 is 0 Å². The quantitative estimate of drug-likeness (QED) is 0.825. The van der Waals surface area contributed by atoms with Gasteiger partial charge in [0.1, 0.15) is 5.15 Å². The smallest absolute Gasteiger partial charge is 0.230 e. The molecule has 0 radical (unpaired) electrons. The highest BCUT2D eigenvalue weighted by Gasteiger charge is 2.39. The van der Waals surface area contributed by atoms with Crippen LogP contribution in [0.4, 0.5) is 5.95 Å². The van der Waals surface area contributed by atoms with Gasteiger partial charge in [-0.05, 0) is 24.3 Å². The van der Waals surface area contributed by atoms with Crippen molar-refractivity contribution in [2.45, 2.75) is 33.1 Å². The molecule has 1 aliphatic rings. The van der Waals surface area contributed by atoms with Gasteiger partial charge in [-0.1, -0.05) is 31.9 Å². The maximum absolute atomic E-state index is 12.1. The predicted octanol–water partition coefficient (Wildman–Crippen LogP) is 2.89. The zero-order valence-electron chi connectivity index (χ0n) is 10.0. The number of halogens is 1. The number of aromatic nitrogens is 2. The average molecular weight is 254 g/mol. The summed E-state index contributed by atoms with van der Waals surface area (Å²) in [4.78, 5) is 20.0. The second-order valence-corrected chi connectivity index (χ2v) is 5.51. The Balaban J connectivity index is 2.07. The summed E-state index contributed by atoms with van der Waals surface area (Å²) in [7, 11) is 0. The molecule has 2 rings (SSSR count). The molecule has 17 heavy (non-hydrogen) atoms. The van der Waals surface area contributed by atoms with Gasteiger partial charge in [0.25, 0.3) is 0 Å². The minimum absolute atomic E-state index is 0.00485. The summed E-state index contributed by atoms with van der Waals surface area (Å²) in [6, 6.07) is 1.58. The molecule has 1 amide bonds. The van der Waals surface area contributed by atoms with Crippen molar-refractivity contribution in [1.29, 1.82) is 0 Å². The van der Waals surface area contributed by atoms with Crippen LogP contribution < -0.4 is 5.32 Å². The first kappa shape index (κ1) is 12.3. The zero-order valence-corrected chi connectivity index (χ0v) is 10.8. The van der Waals surface area contributed by atoms with Crippen LogP contribution in [0.2, 0.25) is 5.15 Å². The van der Waals surface area contributed by atoms with Crippen LogP contribution >= 0.6 is 11.6 Å². The van der Waals surface area contributed by atoms with Crippen molar-refractivity contribution >= 4 is 23.5 Å². The van der Waals surface area contributed by atoms with Crippen molar-refractivity contribution in [3.63, 3.8) is 0 Å². The van der Waals surface area contributed by atoms with Crippen molar-refractivity contribution in [3.05, 3.63) is 17.4 Å². The maximum atomic E-state index is 12.1. The molecule has 1 N–H and O–H groups in total. The van der Waals surface area contributed by atoms with E-state index >= 15 is 0 Å². The van der Waals surface area contributed by atoms with Gasteiger partial charge >= 0.3 is 0 Å². The van der Waals surface area contributed by atoms with Crippen molar-refractivity contribution < 1.29 is 4.79 Å². The Hall–Kier alpha value is -1.16. The maximum Gasteiger partial charge on any atom is 0.230 e. The van der Waals surface area contributed by atoms with E-state index in [0.29, 0.717) is 5.15 Å². The number of hydrogen-bond acceptors (Lipinski definition) is 3. The van der Waals surface area contributed by atoms with Gasteiger partial charge in [0, 0.05) is 12.1 Å². The number of nitrogens with zero attached hydrogens (tertiary/aromatic N) is 2. The minimum Gasteiger partial charge on any atom is -0.294 e. The van der Waals surface area contributed by atoms with Crippen LogP contribution in [0.15, 0.2) is 12.3 Å². The van der Waals surface area contributed by atoms with Crippen molar-refractivity contribution in [2.75, 3.05) is 5.32 Å². The lowest BCUT2D eigenvalue weighted by atomic mass is 9.81. The normalized spacial score (nSPS) is 22.4. The molecule has 1 atom stereocenters. The molecule has 0 spiro atoms.